The Morgan fingerprint density at radius 2 is 1.66 bits per heavy atom. The summed E-state index contributed by atoms with van der Waals surface area (Å²) in [4.78, 5) is 25.3. The van der Waals surface area contributed by atoms with Gasteiger partial charge in [0, 0.05) is 23.6 Å². The second-order valence-corrected chi connectivity index (χ2v) is 6.55. The number of hydrogen-bond donors (Lipinski definition) is 2. The first-order valence-electron chi connectivity index (χ1n) is 9.34. The molecule has 1 aromatic heterocycles. The van der Waals surface area contributed by atoms with E-state index in [-0.39, 0.29) is 11.8 Å². The molecule has 3 aromatic rings. The molecule has 0 saturated heterocycles. The number of amides is 2. The molecule has 0 aliphatic heterocycles. The molecule has 2 N–H and O–H groups in total. The number of anilines is 2. The molecule has 0 aliphatic carbocycles. The highest BCUT2D eigenvalue weighted by molar-refractivity contribution is 6.08. The Balaban J connectivity index is 1.77. The highest BCUT2D eigenvalue weighted by Crippen LogP contribution is 2.22. The molecule has 0 atom stereocenters. The summed E-state index contributed by atoms with van der Waals surface area (Å²) < 4.78 is 7.04. The number of para-hydroxylation sites is 1. The van der Waals surface area contributed by atoms with Crippen LogP contribution >= 0.6 is 0 Å². The zero-order valence-corrected chi connectivity index (χ0v) is 16.9. The van der Waals surface area contributed by atoms with Gasteiger partial charge in [0.25, 0.3) is 11.8 Å². The van der Waals surface area contributed by atoms with Crippen molar-refractivity contribution < 1.29 is 14.3 Å². The molecule has 150 valence electrons. The lowest BCUT2D eigenvalue weighted by Gasteiger charge is -2.11. The lowest BCUT2D eigenvalue weighted by atomic mass is 10.1. The third-order valence-electron chi connectivity index (χ3n) is 4.64. The van der Waals surface area contributed by atoms with Crippen molar-refractivity contribution in [2.75, 3.05) is 17.7 Å². The fraction of sp³-hybridized carbons (Fsp3) is 0.227. The number of nitrogens with one attached hydrogen (secondary N) is 2. The molecule has 2 amide bonds. The van der Waals surface area contributed by atoms with Crippen LogP contribution in [0.3, 0.4) is 0 Å². The maximum Gasteiger partial charge on any atom is 0.259 e. The van der Waals surface area contributed by atoms with E-state index in [2.05, 4.69) is 15.7 Å². The Bertz CT molecular complexity index is 1060. The lowest BCUT2D eigenvalue weighted by Crippen LogP contribution is -2.15. The van der Waals surface area contributed by atoms with Crippen molar-refractivity contribution in [1.82, 2.24) is 9.78 Å². The highest BCUT2D eigenvalue weighted by atomic mass is 16.5. The predicted molar refractivity (Wildman–Crippen MR) is 113 cm³/mol. The van der Waals surface area contributed by atoms with Crippen LogP contribution in [-0.4, -0.2) is 28.7 Å². The van der Waals surface area contributed by atoms with Crippen molar-refractivity contribution in [3.05, 3.63) is 71.0 Å². The third-order valence-corrected chi connectivity index (χ3v) is 4.64. The van der Waals surface area contributed by atoms with Crippen LogP contribution in [0.15, 0.2) is 48.5 Å². The van der Waals surface area contributed by atoms with Gasteiger partial charge in [-0.1, -0.05) is 18.2 Å². The van der Waals surface area contributed by atoms with Gasteiger partial charge in [-0.25, -0.2) is 0 Å². The normalized spacial score (nSPS) is 10.5. The summed E-state index contributed by atoms with van der Waals surface area (Å²) in [5.41, 5.74) is 3.65. The molecule has 0 radical (unpaired) electrons. The summed E-state index contributed by atoms with van der Waals surface area (Å²) in [7, 11) is 1.52. The van der Waals surface area contributed by atoms with Crippen LogP contribution < -0.4 is 15.4 Å². The molecular weight excluding hydrogens is 368 g/mol. The van der Waals surface area contributed by atoms with E-state index >= 15 is 0 Å². The van der Waals surface area contributed by atoms with Gasteiger partial charge in [-0.15, -0.1) is 0 Å². The van der Waals surface area contributed by atoms with Crippen molar-refractivity contribution in [3.8, 4) is 5.75 Å². The van der Waals surface area contributed by atoms with E-state index < -0.39 is 0 Å². The fourth-order valence-electron chi connectivity index (χ4n) is 3.23. The average molecular weight is 392 g/mol. The summed E-state index contributed by atoms with van der Waals surface area (Å²) in [6.45, 7) is 6.37. The number of rotatable bonds is 6. The van der Waals surface area contributed by atoms with E-state index in [0.29, 0.717) is 40.5 Å². The number of ether oxygens (including phenoxy) is 1. The summed E-state index contributed by atoms with van der Waals surface area (Å²) in [6, 6.07) is 14.0. The predicted octanol–water partition coefficient (Wildman–Crippen LogP) is 4.03. The van der Waals surface area contributed by atoms with Gasteiger partial charge in [0.05, 0.1) is 23.9 Å². The number of aryl methyl sites for hydroxylation is 2. The van der Waals surface area contributed by atoms with Crippen molar-refractivity contribution in [2.45, 2.75) is 27.3 Å². The molecule has 0 saturated carbocycles. The van der Waals surface area contributed by atoms with Gasteiger partial charge in [0.15, 0.2) is 0 Å². The number of carbonyl (C=O) groups is 2. The Hall–Kier alpha value is -3.61. The van der Waals surface area contributed by atoms with Crippen molar-refractivity contribution in [1.29, 1.82) is 0 Å². The molecule has 7 nitrogen and oxygen atoms in total. The van der Waals surface area contributed by atoms with E-state index in [1.165, 1.54) is 7.11 Å². The van der Waals surface area contributed by atoms with Crippen LogP contribution in [0, 0.1) is 13.8 Å². The van der Waals surface area contributed by atoms with Crippen LogP contribution in [0.25, 0.3) is 0 Å². The maximum absolute atomic E-state index is 12.8. The number of aromatic nitrogens is 2. The zero-order valence-electron chi connectivity index (χ0n) is 16.9. The van der Waals surface area contributed by atoms with Gasteiger partial charge in [0.2, 0.25) is 0 Å². The van der Waals surface area contributed by atoms with Crippen molar-refractivity contribution in [2.24, 2.45) is 0 Å². The Morgan fingerprint density at radius 1 is 1.00 bits per heavy atom. The summed E-state index contributed by atoms with van der Waals surface area (Å²) in [5, 5.41) is 10.1. The molecule has 0 bridgehead atoms. The van der Waals surface area contributed by atoms with Gasteiger partial charge in [-0.05, 0) is 51.1 Å². The molecule has 29 heavy (non-hydrogen) atoms. The minimum absolute atomic E-state index is 0.229. The average Bonchev–Trinajstić information content (AvgIpc) is 3.01. The molecule has 0 aliphatic rings. The Morgan fingerprint density at radius 3 is 2.28 bits per heavy atom. The smallest absolute Gasteiger partial charge is 0.259 e. The molecule has 0 fully saturated rings. The molecule has 2 aromatic carbocycles. The summed E-state index contributed by atoms with van der Waals surface area (Å²) in [5.74, 6) is -0.0249. The highest BCUT2D eigenvalue weighted by Gasteiger charge is 2.18. The Kier molecular flexibility index (Phi) is 5.97. The Labute approximate surface area is 169 Å². The van der Waals surface area contributed by atoms with E-state index in [9.17, 15) is 9.59 Å². The number of carbonyl (C=O) groups excluding carboxylic acids is 2. The van der Waals surface area contributed by atoms with Crippen molar-refractivity contribution in [3.63, 3.8) is 0 Å². The molecule has 0 unspecified atom stereocenters. The second kappa shape index (κ2) is 8.60. The van der Waals surface area contributed by atoms with Gasteiger partial charge in [-0.3, -0.25) is 14.3 Å². The van der Waals surface area contributed by atoms with Crippen molar-refractivity contribution >= 4 is 23.2 Å². The first-order valence-corrected chi connectivity index (χ1v) is 9.34. The van der Waals surface area contributed by atoms with E-state index in [1.807, 2.05) is 20.8 Å². The van der Waals surface area contributed by atoms with E-state index in [0.717, 1.165) is 5.69 Å². The number of methoxy groups -OCH3 is 1. The first-order chi connectivity index (χ1) is 13.9. The number of nitrogens with zero attached hydrogens (tertiary/aromatic N) is 2. The largest absolute Gasteiger partial charge is 0.496 e. The van der Waals surface area contributed by atoms with E-state index in [4.69, 9.17) is 4.74 Å². The molecule has 3 rings (SSSR count). The quantitative estimate of drug-likeness (QED) is 0.663. The zero-order chi connectivity index (χ0) is 21.0. The standard InChI is InChI=1S/C22H24N4O3/c1-5-26-15(3)20(14(2)25-26)22(28)24-17-10-8-9-16(13-17)23-21(27)18-11-6-7-12-19(18)29-4/h6-13H,5H2,1-4H3,(H,23,27)(H,24,28). The minimum Gasteiger partial charge on any atom is -0.496 e. The van der Waals surface area contributed by atoms with Gasteiger partial charge in [0.1, 0.15) is 5.75 Å². The van der Waals surface area contributed by atoms with Crippen LogP contribution in [0.2, 0.25) is 0 Å². The van der Waals surface area contributed by atoms with Gasteiger partial charge in [-0.2, -0.15) is 5.10 Å². The number of hydrogen-bond acceptors (Lipinski definition) is 4. The monoisotopic (exact) mass is 392 g/mol. The molecular formula is C22H24N4O3. The summed E-state index contributed by atoms with van der Waals surface area (Å²) >= 11 is 0. The topological polar surface area (TPSA) is 85.3 Å². The first kappa shape index (κ1) is 20.1. The maximum atomic E-state index is 12.8. The van der Waals surface area contributed by atoms with E-state index in [1.54, 1.807) is 53.2 Å². The number of benzene rings is 2. The van der Waals surface area contributed by atoms with Gasteiger partial charge >= 0.3 is 0 Å². The van der Waals surface area contributed by atoms with Crippen LogP contribution in [-0.2, 0) is 6.54 Å². The molecule has 1 heterocycles. The van der Waals surface area contributed by atoms with Crippen LogP contribution in [0.4, 0.5) is 11.4 Å². The third kappa shape index (κ3) is 4.29. The van der Waals surface area contributed by atoms with Crippen LogP contribution in [0.1, 0.15) is 39.0 Å². The second-order valence-electron chi connectivity index (χ2n) is 6.55. The van der Waals surface area contributed by atoms with Gasteiger partial charge < -0.3 is 15.4 Å². The lowest BCUT2D eigenvalue weighted by molar-refractivity contribution is 0.101. The molecule has 7 heteroatoms. The molecule has 0 spiro atoms. The fourth-order valence-corrected chi connectivity index (χ4v) is 3.23. The summed E-state index contributed by atoms with van der Waals surface area (Å²) in [6.07, 6.45) is 0. The SMILES string of the molecule is CCn1nc(C)c(C(=O)Nc2cccc(NC(=O)c3ccccc3OC)c2)c1C. The minimum atomic E-state index is -0.290. The van der Waals surface area contributed by atoms with Crippen LogP contribution in [0.5, 0.6) is 5.75 Å².